The highest BCUT2D eigenvalue weighted by Crippen LogP contribution is 2.32. The van der Waals surface area contributed by atoms with E-state index in [1.54, 1.807) is 18.2 Å². The summed E-state index contributed by atoms with van der Waals surface area (Å²) < 4.78 is 12.5. The molecule has 1 aliphatic carbocycles. The highest BCUT2D eigenvalue weighted by Gasteiger charge is 2.19. The molecular formula is C23H24N4O4. The number of carbonyl (C=O) groups excluding carboxylic acids is 1. The van der Waals surface area contributed by atoms with Gasteiger partial charge in [0.1, 0.15) is 25.6 Å². The third-order valence-electron chi connectivity index (χ3n) is 5.71. The summed E-state index contributed by atoms with van der Waals surface area (Å²) in [5, 5.41) is 7.09. The van der Waals surface area contributed by atoms with Crippen molar-refractivity contribution < 1.29 is 14.3 Å². The number of nitrogens with zero attached hydrogens (tertiary/aromatic N) is 2. The first kappa shape index (κ1) is 19.4. The maximum Gasteiger partial charge on any atom is 0.350 e. The molecular weight excluding hydrogens is 396 g/mol. The monoisotopic (exact) mass is 420 g/mol. The Morgan fingerprint density at radius 3 is 2.68 bits per heavy atom. The van der Waals surface area contributed by atoms with Gasteiger partial charge in [-0.2, -0.15) is 4.98 Å². The summed E-state index contributed by atoms with van der Waals surface area (Å²) in [4.78, 5) is 29.8. The fourth-order valence-corrected chi connectivity index (χ4v) is 4.22. The molecule has 160 valence electrons. The fourth-order valence-electron chi connectivity index (χ4n) is 4.22. The van der Waals surface area contributed by atoms with E-state index in [9.17, 15) is 9.59 Å². The lowest BCUT2D eigenvalue weighted by Crippen LogP contribution is -2.31. The molecule has 1 saturated carbocycles. The van der Waals surface area contributed by atoms with Crippen LogP contribution in [0.3, 0.4) is 0 Å². The second-order valence-corrected chi connectivity index (χ2v) is 7.88. The molecule has 1 fully saturated rings. The van der Waals surface area contributed by atoms with Crippen molar-refractivity contribution >= 4 is 28.3 Å². The van der Waals surface area contributed by atoms with Gasteiger partial charge in [-0.05, 0) is 37.1 Å². The third-order valence-corrected chi connectivity index (χ3v) is 5.71. The Hall–Kier alpha value is -3.55. The molecule has 8 nitrogen and oxygen atoms in total. The van der Waals surface area contributed by atoms with E-state index in [0.717, 1.165) is 18.2 Å². The summed E-state index contributed by atoms with van der Waals surface area (Å²) in [7, 11) is 0. The van der Waals surface area contributed by atoms with Crippen LogP contribution in [0.4, 0.5) is 11.5 Å². The molecule has 2 N–H and O–H groups in total. The largest absolute Gasteiger partial charge is 0.486 e. The Balaban J connectivity index is 1.39. The van der Waals surface area contributed by atoms with Crippen molar-refractivity contribution in [2.24, 2.45) is 0 Å². The summed E-state index contributed by atoms with van der Waals surface area (Å²) in [6, 6.07) is 13.1. The lowest BCUT2D eigenvalue weighted by Gasteiger charge is -2.19. The predicted octanol–water partition coefficient (Wildman–Crippen LogP) is 3.16. The fraction of sp³-hybridized carbons (Fsp3) is 0.348. The van der Waals surface area contributed by atoms with Crippen LogP contribution in [0.2, 0.25) is 0 Å². The molecule has 2 heterocycles. The molecule has 5 rings (SSSR count). The Morgan fingerprint density at radius 1 is 1.06 bits per heavy atom. The van der Waals surface area contributed by atoms with Gasteiger partial charge in [-0.25, -0.2) is 4.79 Å². The second-order valence-electron chi connectivity index (χ2n) is 7.88. The van der Waals surface area contributed by atoms with Crippen molar-refractivity contribution in [3.63, 3.8) is 0 Å². The molecule has 2 aromatic carbocycles. The molecule has 0 radical (unpaired) electrons. The number of para-hydroxylation sites is 1. The molecule has 0 spiro atoms. The maximum absolute atomic E-state index is 12.8. The van der Waals surface area contributed by atoms with Crippen LogP contribution in [0.15, 0.2) is 47.3 Å². The molecule has 2 aliphatic rings. The van der Waals surface area contributed by atoms with Gasteiger partial charge >= 0.3 is 5.69 Å². The van der Waals surface area contributed by atoms with Gasteiger partial charge in [-0.15, -0.1) is 0 Å². The zero-order valence-corrected chi connectivity index (χ0v) is 17.1. The van der Waals surface area contributed by atoms with Gasteiger partial charge in [0.25, 0.3) is 0 Å². The van der Waals surface area contributed by atoms with E-state index in [4.69, 9.17) is 9.47 Å². The van der Waals surface area contributed by atoms with Crippen molar-refractivity contribution in [3.05, 3.63) is 52.9 Å². The smallest absolute Gasteiger partial charge is 0.350 e. The first-order valence-electron chi connectivity index (χ1n) is 10.6. The number of amides is 1. The molecule has 0 unspecified atom stereocenters. The molecule has 8 heteroatoms. The molecule has 3 aromatic rings. The predicted molar refractivity (Wildman–Crippen MR) is 118 cm³/mol. The molecule has 1 aromatic heterocycles. The van der Waals surface area contributed by atoms with Crippen molar-refractivity contribution in [1.29, 1.82) is 0 Å². The minimum Gasteiger partial charge on any atom is -0.486 e. The number of hydrogen-bond donors (Lipinski definition) is 2. The Labute approximate surface area is 179 Å². The number of rotatable bonds is 5. The van der Waals surface area contributed by atoms with Crippen molar-refractivity contribution in [1.82, 2.24) is 9.55 Å². The van der Waals surface area contributed by atoms with Crippen molar-refractivity contribution in [2.45, 2.75) is 38.3 Å². The number of fused-ring (bicyclic) bond motifs is 2. The molecule has 1 amide bonds. The van der Waals surface area contributed by atoms with Crippen LogP contribution in [-0.4, -0.2) is 34.7 Å². The number of carbonyl (C=O) groups is 1. The van der Waals surface area contributed by atoms with Crippen LogP contribution in [0.1, 0.15) is 25.7 Å². The highest BCUT2D eigenvalue weighted by atomic mass is 16.6. The number of ether oxygens (including phenoxy) is 2. The van der Waals surface area contributed by atoms with Gasteiger partial charge < -0.3 is 20.1 Å². The van der Waals surface area contributed by atoms with E-state index < -0.39 is 5.69 Å². The maximum atomic E-state index is 12.8. The van der Waals surface area contributed by atoms with Gasteiger partial charge in [0.2, 0.25) is 5.91 Å². The van der Waals surface area contributed by atoms with Crippen LogP contribution < -0.4 is 25.8 Å². The van der Waals surface area contributed by atoms with Gasteiger partial charge in [-0.1, -0.05) is 25.0 Å². The number of nitrogens with one attached hydrogen (secondary N) is 2. The first-order chi connectivity index (χ1) is 15.2. The van der Waals surface area contributed by atoms with Gasteiger partial charge in [0, 0.05) is 23.2 Å². The van der Waals surface area contributed by atoms with Crippen molar-refractivity contribution in [2.75, 3.05) is 23.8 Å². The van der Waals surface area contributed by atoms with E-state index >= 15 is 0 Å². The molecule has 0 saturated heterocycles. The normalized spacial score (nSPS) is 15.7. The van der Waals surface area contributed by atoms with E-state index in [1.165, 1.54) is 17.4 Å². The zero-order valence-electron chi connectivity index (χ0n) is 17.1. The van der Waals surface area contributed by atoms with E-state index in [-0.39, 0.29) is 12.5 Å². The van der Waals surface area contributed by atoms with Crippen LogP contribution >= 0.6 is 0 Å². The molecule has 0 bridgehead atoms. The van der Waals surface area contributed by atoms with Crippen molar-refractivity contribution in [3.8, 4) is 11.5 Å². The zero-order chi connectivity index (χ0) is 21.2. The highest BCUT2D eigenvalue weighted by molar-refractivity contribution is 5.94. The quantitative estimate of drug-likeness (QED) is 0.659. The second kappa shape index (κ2) is 8.29. The summed E-state index contributed by atoms with van der Waals surface area (Å²) in [6.45, 7) is 0.844. The summed E-state index contributed by atoms with van der Waals surface area (Å²) in [5.41, 5.74) is 0.816. The average Bonchev–Trinajstić information content (AvgIpc) is 3.29. The Morgan fingerprint density at radius 2 is 1.84 bits per heavy atom. The van der Waals surface area contributed by atoms with Crippen LogP contribution in [-0.2, 0) is 11.3 Å². The third kappa shape index (κ3) is 4.05. The molecule has 0 atom stereocenters. The standard InChI is InChI=1S/C23H24N4O4/c28-21(24-16-9-10-19-20(13-16)31-12-11-30-19)14-27-18-8-4-3-7-17(18)22(26-23(27)29)25-15-5-1-2-6-15/h3-4,7-10,13,15H,1-2,5-6,11-12,14H2,(H,24,28)(H,25,26,29). The van der Waals surface area contributed by atoms with Crippen LogP contribution in [0.5, 0.6) is 11.5 Å². The summed E-state index contributed by atoms with van der Waals surface area (Å²) >= 11 is 0. The minimum absolute atomic E-state index is 0.134. The SMILES string of the molecule is O=C(Cn1c(=O)nc(NC2CCCC2)c2ccccc21)Nc1ccc2c(c1)OCCO2. The van der Waals surface area contributed by atoms with E-state index in [0.29, 0.717) is 47.8 Å². The number of benzene rings is 2. The molecule has 31 heavy (non-hydrogen) atoms. The first-order valence-corrected chi connectivity index (χ1v) is 10.6. The summed E-state index contributed by atoms with van der Waals surface area (Å²) in [5.74, 6) is 1.52. The number of hydrogen-bond acceptors (Lipinski definition) is 6. The van der Waals surface area contributed by atoms with E-state index in [1.807, 2.05) is 24.3 Å². The number of anilines is 2. The van der Waals surface area contributed by atoms with Gasteiger partial charge in [0.15, 0.2) is 11.5 Å². The Kier molecular flexibility index (Phi) is 5.19. The van der Waals surface area contributed by atoms with E-state index in [2.05, 4.69) is 15.6 Å². The summed E-state index contributed by atoms with van der Waals surface area (Å²) in [6.07, 6.45) is 4.54. The number of aromatic nitrogens is 2. The van der Waals surface area contributed by atoms with Gasteiger partial charge in [0.05, 0.1) is 5.52 Å². The molecule has 1 aliphatic heterocycles. The van der Waals surface area contributed by atoms with Crippen LogP contribution in [0, 0.1) is 0 Å². The van der Waals surface area contributed by atoms with Gasteiger partial charge in [-0.3, -0.25) is 9.36 Å². The lowest BCUT2D eigenvalue weighted by molar-refractivity contribution is -0.116. The average molecular weight is 420 g/mol. The van der Waals surface area contributed by atoms with Crippen LogP contribution in [0.25, 0.3) is 10.9 Å². The topological polar surface area (TPSA) is 94.5 Å². The lowest BCUT2D eigenvalue weighted by atomic mass is 10.2. The Bertz CT molecular complexity index is 1180. The minimum atomic E-state index is -0.448.